The van der Waals surface area contributed by atoms with Crippen molar-refractivity contribution in [2.45, 2.75) is 6.92 Å². The van der Waals surface area contributed by atoms with E-state index in [1.165, 1.54) is 11.1 Å². The molecule has 5 rings (SSSR count). The molecular formula is C23H15N3O5. The van der Waals surface area contributed by atoms with Crippen LogP contribution in [0.15, 0.2) is 64.6 Å². The number of hydrogen-bond acceptors (Lipinski definition) is 5. The number of nitrogens with one attached hydrogen (secondary N) is 2. The van der Waals surface area contributed by atoms with Gasteiger partial charge in [-0.25, -0.2) is 5.01 Å². The molecule has 31 heavy (non-hydrogen) atoms. The van der Waals surface area contributed by atoms with Gasteiger partial charge in [-0.1, -0.05) is 23.8 Å². The van der Waals surface area contributed by atoms with Gasteiger partial charge in [-0.15, -0.1) is 0 Å². The van der Waals surface area contributed by atoms with Gasteiger partial charge in [-0.2, -0.15) is 0 Å². The maximum atomic E-state index is 12.7. The monoisotopic (exact) mass is 413 g/mol. The Morgan fingerprint density at radius 3 is 2.35 bits per heavy atom. The van der Waals surface area contributed by atoms with Gasteiger partial charge in [0.25, 0.3) is 23.6 Å². The summed E-state index contributed by atoms with van der Waals surface area (Å²) in [4.78, 5) is 48.7. The molecule has 0 radical (unpaired) electrons. The normalized spacial score (nSPS) is 16.7. The lowest BCUT2D eigenvalue weighted by Gasteiger charge is -2.14. The Balaban J connectivity index is 1.43. The number of carbonyl (C=O) groups excluding carboxylic acids is 4. The largest absolute Gasteiger partial charge is 0.457 e. The first kappa shape index (κ1) is 18.6. The molecule has 0 aliphatic carbocycles. The molecule has 3 aromatic rings. The summed E-state index contributed by atoms with van der Waals surface area (Å²) < 4.78 is 5.76. The number of aryl methyl sites for hydroxylation is 1. The standard InChI is InChI=1S/C23H15N3O5/c1-12-2-5-14(6-3-12)26-23(30)18(22(29)25-26)11-15-7-9-19(31-15)13-4-8-16-17(10-13)21(28)24-20(16)27/h2-11H,1H3,(H,25,29)(H,24,27,28). The number of hydrogen-bond donors (Lipinski definition) is 2. The molecule has 1 saturated heterocycles. The van der Waals surface area contributed by atoms with Crippen LogP contribution in [0.1, 0.15) is 32.0 Å². The second kappa shape index (κ2) is 6.81. The van der Waals surface area contributed by atoms with E-state index in [2.05, 4.69) is 10.7 Å². The molecule has 0 bridgehead atoms. The van der Waals surface area contributed by atoms with E-state index in [0.29, 0.717) is 28.3 Å². The number of furan rings is 1. The van der Waals surface area contributed by atoms with E-state index in [9.17, 15) is 19.2 Å². The van der Waals surface area contributed by atoms with Gasteiger partial charge in [-0.05, 0) is 49.4 Å². The van der Waals surface area contributed by atoms with Crippen LogP contribution < -0.4 is 15.8 Å². The highest BCUT2D eigenvalue weighted by molar-refractivity contribution is 6.31. The quantitative estimate of drug-likeness (QED) is 0.390. The summed E-state index contributed by atoms with van der Waals surface area (Å²) in [7, 11) is 0. The Morgan fingerprint density at radius 2 is 1.58 bits per heavy atom. The molecule has 2 N–H and O–H groups in total. The highest BCUT2D eigenvalue weighted by Gasteiger charge is 2.34. The van der Waals surface area contributed by atoms with E-state index in [-0.39, 0.29) is 11.1 Å². The predicted octanol–water partition coefficient (Wildman–Crippen LogP) is 2.60. The molecule has 0 saturated carbocycles. The van der Waals surface area contributed by atoms with E-state index in [4.69, 9.17) is 4.42 Å². The van der Waals surface area contributed by atoms with Crippen LogP contribution >= 0.6 is 0 Å². The lowest BCUT2D eigenvalue weighted by Crippen LogP contribution is -2.35. The molecular weight excluding hydrogens is 398 g/mol. The maximum absolute atomic E-state index is 12.7. The van der Waals surface area contributed by atoms with Crippen LogP contribution in [0.5, 0.6) is 0 Å². The van der Waals surface area contributed by atoms with Crippen LogP contribution in [0, 0.1) is 6.92 Å². The average molecular weight is 413 g/mol. The fourth-order valence-corrected chi connectivity index (χ4v) is 3.48. The number of imide groups is 1. The van der Waals surface area contributed by atoms with Gasteiger partial charge >= 0.3 is 0 Å². The third-order valence-electron chi connectivity index (χ3n) is 5.12. The number of anilines is 1. The molecule has 0 unspecified atom stereocenters. The first-order valence-corrected chi connectivity index (χ1v) is 9.44. The molecule has 4 amide bonds. The lowest BCUT2D eigenvalue weighted by molar-refractivity contribution is -0.117. The van der Waals surface area contributed by atoms with E-state index >= 15 is 0 Å². The number of hydrazine groups is 1. The zero-order valence-electron chi connectivity index (χ0n) is 16.3. The van der Waals surface area contributed by atoms with Gasteiger partial charge in [0.15, 0.2) is 0 Å². The molecule has 1 aromatic heterocycles. The smallest absolute Gasteiger partial charge is 0.282 e. The molecule has 0 spiro atoms. The summed E-state index contributed by atoms with van der Waals surface area (Å²) in [5, 5.41) is 3.43. The first-order chi connectivity index (χ1) is 14.9. The van der Waals surface area contributed by atoms with Gasteiger partial charge in [0.1, 0.15) is 17.1 Å². The number of nitrogens with zero attached hydrogens (tertiary/aromatic N) is 1. The predicted molar refractivity (Wildman–Crippen MR) is 111 cm³/mol. The molecule has 0 atom stereocenters. The van der Waals surface area contributed by atoms with Crippen molar-refractivity contribution in [3.63, 3.8) is 0 Å². The van der Waals surface area contributed by atoms with E-state index < -0.39 is 23.6 Å². The number of rotatable bonds is 3. The number of fused-ring (bicyclic) bond motifs is 1. The third-order valence-corrected chi connectivity index (χ3v) is 5.12. The lowest BCUT2D eigenvalue weighted by atomic mass is 10.0. The van der Waals surface area contributed by atoms with E-state index in [0.717, 1.165) is 5.56 Å². The summed E-state index contributed by atoms with van der Waals surface area (Å²) in [6, 6.07) is 15.3. The Bertz CT molecular complexity index is 1320. The van der Waals surface area contributed by atoms with Crippen molar-refractivity contribution < 1.29 is 23.6 Å². The zero-order valence-corrected chi connectivity index (χ0v) is 16.3. The number of benzene rings is 2. The van der Waals surface area contributed by atoms with Crippen molar-refractivity contribution in [1.82, 2.24) is 10.7 Å². The van der Waals surface area contributed by atoms with E-state index in [1.54, 1.807) is 42.5 Å². The molecule has 8 nitrogen and oxygen atoms in total. The summed E-state index contributed by atoms with van der Waals surface area (Å²) in [5.41, 5.74) is 5.26. The van der Waals surface area contributed by atoms with Crippen molar-refractivity contribution >= 4 is 35.4 Å². The Morgan fingerprint density at radius 1 is 0.839 bits per heavy atom. The van der Waals surface area contributed by atoms with Crippen LogP contribution in [0.4, 0.5) is 5.69 Å². The summed E-state index contributed by atoms with van der Waals surface area (Å²) >= 11 is 0. The minimum atomic E-state index is -0.531. The highest BCUT2D eigenvalue weighted by atomic mass is 16.3. The summed E-state index contributed by atoms with van der Waals surface area (Å²) in [5.74, 6) is -1.17. The molecule has 1 fully saturated rings. The number of carbonyl (C=O) groups is 4. The topological polar surface area (TPSA) is 109 Å². The molecule has 152 valence electrons. The van der Waals surface area contributed by atoms with Crippen LogP contribution in [-0.4, -0.2) is 23.6 Å². The van der Waals surface area contributed by atoms with Gasteiger partial charge in [0.05, 0.1) is 16.8 Å². The van der Waals surface area contributed by atoms with Crippen molar-refractivity contribution in [1.29, 1.82) is 0 Å². The summed E-state index contributed by atoms with van der Waals surface area (Å²) in [6.07, 6.45) is 1.37. The minimum Gasteiger partial charge on any atom is -0.457 e. The van der Waals surface area contributed by atoms with Crippen LogP contribution in [-0.2, 0) is 9.59 Å². The van der Waals surface area contributed by atoms with Crippen molar-refractivity contribution in [2.75, 3.05) is 5.01 Å². The van der Waals surface area contributed by atoms with Crippen molar-refractivity contribution in [3.8, 4) is 11.3 Å². The van der Waals surface area contributed by atoms with E-state index in [1.807, 2.05) is 19.1 Å². The SMILES string of the molecule is Cc1ccc(N2NC(=O)C(=Cc3ccc(-c4ccc5c(c4)C(=O)NC5=O)o3)C2=O)cc1. The Hall–Kier alpha value is -4.46. The first-order valence-electron chi connectivity index (χ1n) is 9.44. The molecule has 2 aliphatic heterocycles. The van der Waals surface area contributed by atoms with Crippen LogP contribution in [0.25, 0.3) is 17.4 Å². The van der Waals surface area contributed by atoms with Crippen molar-refractivity contribution in [3.05, 3.63) is 82.6 Å². The zero-order chi connectivity index (χ0) is 21.7. The minimum absolute atomic E-state index is 0.0552. The number of amides is 4. The second-order valence-electron chi connectivity index (χ2n) is 7.22. The third kappa shape index (κ3) is 3.10. The molecule has 2 aliphatic rings. The molecule has 8 heteroatoms. The Labute approximate surface area is 176 Å². The second-order valence-corrected chi connectivity index (χ2v) is 7.22. The molecule has 3 heterocycles. The highest BCUT2D eigenvalue weighted by Crippen LogP contribution is 2.28. The fraction of sp³-hybridized carbons (Fsp3) is 0.0435. The average Bonchev–Trinajstić information content (AvgIpc) is 3.42. The van der Waals surface area contributed by atoms with Crippen LogP contribution in [0.2, 0.25) is 0 Å². The maximum Gasteiger partial charge on any atom is 0.282 e. The van der Waals surface area contributed by atoms with Crippen LogP contribution in [0.3, 0.4) is 0 Å². The van der Waals surface area contributed by atoms with Gasteiger partial charge < -0.3 is 4.42 Å². The van der Waals surface area contributed by atoms with Gasteiger partial charge in [0.2, 0.25) is 0 Å². The Kier molecular flexibility index (Phi) is 4.07. The summed E-state index contributed by atoms with van der Waals surface area (Å²) in [6.45, 7) is 1.93. The van der Waals surface area contributed by atoms with Gasteiger partial charge in [-0.3, -0.25) is 29.9 Å². The molecule has 2 aromatic carbocycles. The van der Waals surface area contributed by atoms with Gasteiger partial charge in [0, 0.05) is 5.56 Å². The fourth-order valence-electron chi connectivity index (χ4n) is 3.48. The van der Waals surface area contributed by atoms with Crippen molar-refractivity contribution in [2.24, 2.45) is 0 Å².